The summed E-state index contributed by atoms with van der Waals surface area (Å²) < 4.78 is 0. The molecule has 1 amide bonds. The molecule has 1 aliphatic rings. The SMILES string of the molecule is CC[B]C1(C)CC1(CC(C)(C)C)C(=O)NCC(C)O. The van der Waals surface area contributed by atoms with Crippen LogP contribution in [0.3, 0.4) is 0 Å². The van der Waals surface area contributed by atoms with E-state index >= 15 is 0 Å². The van der Waals surface area contributed by atoms with Crippen LogP contribution in [0.15, 0.2) is 0 Å². The molecule has 1 aliphatic carbocycles. The first-order chi connectivity index (χ1) is 8.56. The third kappa shape index (κ3) is 3.74. The zero-order valence-electron chi connectivity index (χ0n) is 13.3. The summed E-state index contributed by atoms with van der Waals surface area (Å²) in [5, 5.41) is 12.3. The van der Waals surface area contributed by atoms with Crippen molar-refractivity contribution in [3.8, 4) is 0 Å². The van der Waals surface area contributed by atoms with Crippen LogP contribution in [-0.2, 0) is 4.79 Å². The standard InChI is InChI=1S/C15H29BNO2/c1-7-16-14(6)10-15(14,9-13(3,4)5)12(19)17-8-11(2)18/h11,18H,7-10H2,1-6H3,(H,17,19). The van der Waals surface area contributed by atoms with Crippen molar-refractivity contribution in [2.45, 2.75) is 72.1 Å². The lowest BCUT2D eigenvalue weighted by Gasteiger charge is -2.29. The number of nitrogens with one attached hydrogen (secondary N) is 1. The molecular formula is C15H29BNO2. The summed E-state index contributed by atoms with van der Waals surface area (Å²) >= 11 is 0. The van der Waals surface area contributed by atoms with Gasteiger partial charge in [-0.05, 0) is 30.5 Å². The van der Waals surface area contributed by atoms with Gasteiger partial charge in [0, 0.05) is 12.0 Å². The highest BCUT2D eigenvalue weighted by molar-refractivity contribution is 6.43. The number of hydrogen-bond acceptors (Lipinski definition) is 2. The first kappa shape index (κ1) is 16.5. The fraction of sp³-hybridized carbons (Fsp3) is 0.933. The maximum Gasteiger partial charge on any atom is 0.226 e. The molecular weight excluding hydrogens is 237 g/mol. The molecule has 0 aromatic carbocycles. The molecule has 3 nitrogen and oxygen atoms in total. The molecule has 0 saturated heterocycles. The average Bonchev–Trinajstić information content (AvgIpc) is 2.78. The van der Waals surface area contributed by atoms with E-state index in [-0.39, 0.29) is 22.1 Å². The summed E-state index contributed by atoms with van der Waals surface area (Å²) in [5.74, 6) is 0.107. The van der Waals surface area contributed by atoms with Gasteiger partial charge in [-0.1, -0.05) is 40.9 Å². The summed E-state index contributed by atoms with van der Waals surface area (Å²) in [7, 11) is 2.28. The van der Waals surface area contributed by atoms with Gasteiger partial charge in [0.1, 0.15) is 7.28 Å². The molecule has 109 valence electrons. The molecule has 1 fully saturated rings. The minimum Gasteiger partial charge on any atom is -0.392 e. The molecule has 3 unspecified atom stereocenters. The molecule has 0 heterocycles. The predicted molar refractivity (Wildman–Crippen MR) is 80.4 cm³/mol. The van der Waals surface area contributed by atoms with Crippen molar-refractivity contribution in [2.75, 3.05) is 6.54 Å². The highest BCUT2D eigenvalue weighted by atomic mass is 16.3. The number of rotatable bonds is 6. The first-order valence-electron chi connectivity index (χ1n) is 7.37. The number of aliphatic hydroxyl groups excluding tert-OH is 1. The zero-order chi connectivity index (χ0) is 14.9. The summed E-state index contributed by atoms with van der Waals surface area (Å²) in [6, 6.07) is 0. The number of aliphatic hydroxyl groups is 1. The molecule has 0 aliphatic heterocycles. The van der Waals surface area contributed by atoms with Gasteiger partial charge in [-0.15, -0.1) is 0 Å². The van der Waals surface area contributed by atoms with Crippen molar-refractivity contribution in [3.05, 3.63) is 0 Å². The van der Waals surface area contributed by atoms with E-state index in [0.717, 1.165) is 19.2 Å². The Kier molecular flexibility index (Phi) is 4.77. The molecule has 1 saturated carbocycles. The minimum atomic E-state index is -0.490. The molecule has 1 radical (unpaired) electrons. The fourth-order valence-corrected chi connectivity index (χ4v) is 3.30. The quantitative estimate of drug-likeness (QED) is 0.726. The predicted octanol–water partition coefficient (Wildman–Crippen LogP) is 2.63. The molecule has 1 rings (SSSR count). The molecule has 2 N–H and O–H groups in total. The van der Waals surface area contributed by atoms with Gasteiger partial charge in [0.05, 0.1) is 6.10 Å². The van der Waals surface area contributed by atoms with Gasteiger partial charge in [0.15, 0.2) is 0 Å². The number of carbonyl (C=O) groups is 1. The Morgan fingerprint density at radius 2 is 2.05 bits per heavy atom. The fourth-order valence-electron chi connectivity index (χ4n) is 3.30. The maximum absolute atomic E-state index is 12.6. The normalized spacial score (nSPS) is 31.7. The third-order valence-corrected chi connectivity index (χ3v) is 4.12. The van der Waals surface area contributed by atoms with E-state index in [9.17, 15) is 9.90 Å². The van der Waals surface area contributed by atoms with Crippen molar-refractivity contribution in [3.63, 3.8) is 0 Å². The van der Waals surface area contributed by atoms with Gasteiger partial charge in [-0.25, -0.2) is 0 Å². The Labute approximate surface area is 118 Å². The lowest BCUT2D eigenvalue weighted by Crippen LogP contribution is -2.40. The van der Waals surface area contributed by atoms with E-state index in [0.29, 0.717) is 6.54 Å². The van der Waals surface area contributed by atoms with Gasteiger partial charge in [0.2, 0.25) is 5.91 Å². The molecule has 0 aromatic rings. The van der Waals surface area contributed by atoms with Gasteiger partial charge in [-0.3, -0.25) is 4.79 Å². The lowest BCUT2D eigenvalue weighted by molar-refractivity contribution is -0.128. The second kappa shape index (κ2) is 5.47. The van der Waals surface area contributed by atoms with E-state index in [1.165, 1.54) is 0 Å². The second-order valence-electron chi connectivity index (χ2n) is 7.59. The van der Waals surface area contributed by atoms with Crippen LogP contribution in [0.2, 0.25) is 11.6 Å². The highest BCUT2D eigenvalue weighted by Gasteiger charge is 2.68. The summed E-state index contributed by atoms with van der Waals surface area (Å²) in [4.78, 5) is 12.6. The Balaban J connectivity index is 2.81. The van der Waals surface area contributed by atoms with Crippen molar-refractivity contribution in [1.29, 1.82) is 0 Å². The van der Waals surface area contributed by atoms with E-state index in [2.05, 4.69) is 47.2 Å². The average molecular weight is 266 g/mol. The van der Waals surface area contributed by atoms with Crippen molar-refractivity contribution < 1.29 is 9.90 Å². The maximum atomic E-state index is 12.6. The molecule has 19 heavy (non-hydrogen) atoms. The minimum absolute atomic E-state index is 0.0117. The summed E-state index contributed by atoms with van der Waals surface area (Å²) in [6.07, 6.45) is 2.32. The molecule has 0 bridgehead atoms. The van der Waals surface area contributed by atoms with Crippen LogP contribution in [0, 0.1) is 10.8 Å². The van der Waals surface area contributed by atoms with Gasteiger partial charge in [0.25, 0.3) is 0 Å². The van der Waals surface area contributed by atoms with Gasteiger partial charge in [-0.2, -0.15) is 0 Å². The van der Waals surface area contributed by atoms with Crippen LogP contribution in [-0.4, -0.2) is 30.9 Å². The number of carbonyl (C=O) groups excluding carboxylic acids is 1. The second-order valence-corrected chi connectivity index (χ2v) is 7.59. The Morgan fingerprint density at radius 3 is 2.47 bits per heavy atom. The number of amides is 1. The third-order valence-electron chi connectivity index (χ3n) is 4.12. The number of hydrogen-bond donors (Lipinski definition) is 2. The lowest BCUT2D eigenvalue weighted by atomic mass is 9.55. The van der Waals surface area contributed by atoms with Crippen LogP contribution in [0.1, 0.15) is 54.4 Å². The topological polar surface area (TPSA) is 49.3 Å². The molecule has 3 atom stereocenters. The summed E-state index contributed by atoms with van der Waals surface area (Å²) in [6.45, 7) is 12.9. The van der Waals surface area contributed by atoms with Crippen LogP contribution in [0.4, 0.5) is 0 Å². The van der Waals surface area contributed by atoms with Crippen LogP contribution < -0.4 is 5.32 Å². The van der Waals surface area contributed by atoms with E-state index in [4.69, 9.17) is 0 Å². The van der Waals surface area contributed by atoms with E-state index in [1.807, 2.05) is 0 Å². The Morgan fingerprint density at radius 1 is 1.47 bits per heavy atom. The van der Waals surface area contributed by atoms with Crippen LogP contribution in [0.5, 0.6) is 0 Å². The Hall–Kier alpha value is -0.505. The monoisotopic (exact) mass is 266 g/mol. The van der Waals surface area contributed by atoms with E-state index < -0.39 is 6.10 Å². The van der Waals surface area contributed by atoms with Gasteiger partial charge < -0.3 is 10.4 Å². The van der Waals surface area contributed by atoms with Crippen molar-refractivity contribution in [2.24, 2.45) is 10.8 Å². The molecule has 0 spiro atoms. The zero-order valence-corrected chi connectivity index (χ0v) is 13.3. The van der Waals surface area contributed by atoms with Crippen LogP contribution in [0.25, 0.3) is 0 Å². The van der Waals surface area contributed by atoms with Crippen molar-refractivity contribution in [1.82, 2.24) is 5.32 Å². The van der Waals surface area contributed by atoms with E-state index in [1.54, 1.807) is 6.92 Å². The smallest absolute Gasteiger partial charge is 0.226 e. The largest absolute Gasteiger partial charge is 0.392 e. The Bertz CT molecular complexity index is 338. The first-order valence-corrected chi connectivity index (χ1v) is 7.37. The van der Waals surface area contributed by atoms with Crippen LogP contribution >= 0.6 is 0 Å². The molecule has 4 heteroatoms. The molecule has 0 aromatic heterocycles. The van der Waals surface area contributed by atoms with Crippen molar-refractivity contribution >= 4 is 13.2 Å². The summed E-state index contributed by atoms with van der Waals surface area (Å²) in [5.41, 5.74) is -0.155. The highest BCUT2D eigenvalue weighted by Crippen LogP contribution is 2.73. The van der Waals surface area contributed by atoms with Gasteiger partial charge >= 0.3 is 0 Å².